The molecular formula is C10H12N2O3S. The Hall–Kier alpha value is -1.30. The number of rotatable bonds is 3. The quantitative estimate of drug-likeness (QED) is 0.797. The van der Waals surface area contributed by atoms with Gasteiger partial charge in [-0.3, -0.25) is 14.5 Å². The highest BCUT2D eigenvalue weighted by Crippen LogP contribution is 2.26. The number of thioether (sulfide) groups is 1. The minimum Gasteiger partial charge on any atom is -0.432 e. The minimum atomic E-state index is 0.0107. The van der Waals surface area contributed by atoms with Gasteiger partial charge >= 0.3 is 6.01 Å². The second kappa shape index (κ2) is 4.69. The van der Waals surface area contributed by atoms with Crippen LogP contribution >= 0.6 is 11.8 Å². The predicted octanol–water partition coefficient (Wildman–Crippen LogP) is 1.31. The van der Waals surface area contributed by atoms with Crippen LogP contribution in [0.4, 0.5) is 6.01 Å². The Morgan fingerprint density at radius 2 is 2.56 bits per heavy atom. The van der Waals surface area contributed by atoms with Gasteiger partial charge in [0.1, 0.15) is 6.26 Å². The Kier molecular flexibility index (Phi) is 3.28. The Labute approximate surface area is 97.2 Å². The van der Waals surface area contributed by atoms with Gasteiger partial charge in [0.15, 0.2) is 5.12 Å². The van der Waals surface area contributed by atoms with E-state index in [1.807, 2.05) is 0 Å². The van der Waals surface area contributed by atoms with Crippen molar-refractivity contribution in [3.05, 3.63) is 12.5 Å². The van der Waals surface area contributed by atoms with Crippen LogP contribution in [0.25, 0.3) is 0 Å². The SMILES string of the molecule is CC(=O)SCC1CC(=O)N(c2ncco2)C1. The van der Waals surface area contributed by atoms with E-state index < -0.39 is 0 Å². The molecule has 1 aromatic heterocycles. The maximum absolute atomic E-state index is 11.7. The van der Waals surface area contributed by atoms with Crippen molar-refractivity contribution in [2.75, 3.05) is 17.2 Å². The first kappa shape index (κ1) is 11.2. The molecule has 1 atom stereocenters. The lowest BCUT2D eigenvalue weighted by Gasteiger charge is -2.10. The summed E-state index contributed by atoms with van der Waals surface area (Å²) in [7, 11) is 0. The Morgan fingerprint density at radius 3 is 3.19 bits per heavy atom. The van der Waals surface area contributed by atoms with Gasteiger partial charge in [0, 0.05) is 25.6 Å². The van der Waals surface area contributed by atoms with Crippen LogP contribution in [0, 0.1) is 5.92 Å². The first-order valence-corrected chi connectivity index (χ1v) is 5.98. The summed E-state index contributed by atoms with van der Waals surface area (Å²) in [6.07, 6.45) is 3.42. The zero-order valence-electron chi connectivity index (χ0n) is 8.88. The Balaban J connectivity index is 1.94. The number of oxazole rings is 1. The summed E-state index contributed by atoms with van der Waals surface area (Å²) in [6.45, 7) is 2.12. The van der Waals surface area contributed by atoms with Gasteiger partial charge in [0.2, 0.25) is 5.91 Å². The van der Waals surface area contributed by atoms with Crippen LogP contribution in [0.2, 0.25) is 0 Å². The zero-order valence-corrected chi connectivity index (χ0v) is 9.70. The van der Waals surface area contributed by atoms with E-state index in [0.717, 1.165) is 0 Å². The predicted molar refractivity (Wildman–Crippen MR) is 60.1 cm³/mol. The van der Waals surface area contributed by atoms with E-state index in [4.69, 9.17) is 4.42 Å². The van der Waals surface area contributed by atoms with Crippen molar-refractivity contribution in [1.29, 1.82) is 0 Å². The number of nitrogens with zero attached hydrogens (tertiary/aromatic N) is 2. The van der Waals surface area contributed by atoms with Gasteiger partial charge in [-0.2, -0.15) is 0 Å². The molecule has 1 aromatic rings. The van der Waals surface area contributed by atoms with Gasteiger partial charge in [-0.25, -0.2) is 4.98 Å². The van der Waals surface area contributed by atoms with Gasteiger partial charge in [-0.05, 0) is 5.92 Å². The molecule has 2 heterocycles. The molecular weight excluding hydrogens is 228 g/mol. The summed E-state index contributed by atoms with van der Waals surface area (Å²) in [4.78, 5) is 28.0. The van der Waals surface area contributed by atoms with E-state index in [1.165, 1.54) is 36.0 Å². The number of amides is 1. The molecule has 0 radical (unpaired) electrons. The van der Waals surface area contributed by atoms with Crippen LogP contribution < -0.4 is 4.90 Å². The molecule has 2 rings (SSSR count). The maximum atomic E-state index is 11.7. The highest BCUT2D eigenvalue weighted by molar-refractivity contribution is 8.13. The molecule has 86 valence electrons. The number of hydrogen-bond acceptors (Lipinski definition) is 5. The monoisotopic (exact) mass is 240 g/mol. The van der Waals surface area contributed by atoms with Gasteiger partial charge in [-0.15, -0.1) is 0 Å². The van der Waals surface area contributed by atoms with E-state index in [-0.39, 0.29) is 16.9 Å². The fourth-order valence-corrected chi connectivity index (χ4v) is 2.36. The van der Waals surface area contributed by atoms with Crippen LogP contribution in [0.3, 0.4) is 0 Å². The Morgan fingerprint density at radius 1 is 1.75 bits per heavy atom. The molecule has 0 spiro atoms. The van der Waals surface area contributed by atoms with Crippen molar-refractivity contribution >= 4 is 28.8 Å². The standard InChI is InChI=1S/C10H12N2O3S/c1-7(13)16-6-8-4-9(14)12(5-8)10-11-2-3-15-10/h2-3,8H,4-6H2,1H3. The number of carbonyl (C=O) groups is 2. The van der Waals surface area contributed by atoms with Crippen LogP contribution in [0.15, 0.2) is 16.9 Å². The molecule has 0 aliphatic carbocycles. The van der Waals surface area contributed by atoms with E-state index in [0.29, 0.717) is 24.7 Å². The second-order valence-electron chi connectivity index (χ2n) is 3.69. The third-order valence-electron chi connectivity index (χ3n) is 2.38. The lowest BCUT2D eigenvalue weighted by Crippen LogP contribution is -2.24. The van der Waals surface area contributed by atoms with Crippen LogP contribution in [0.1, 0.15) is 13.3 Å². The first-order chi connectivity index (χ1) is 7.66. The molecule has 1 fully saturated rings. The molecule has 0 bridgehead atoms. The number of hydrogen-bond donors (Lipinski definition) is 0. The van der Waals surface area contributed by atoms with Gasteiger partial charge in [0.25, 0.3) is 0 Å². The fourth-order valence-electron chi connectivity index (χ4n) is 1.66. The molecule has 0 saturated carbocycles. The molecule has 0 N–H and O–H groups in total. The molecule has 1 saturated heterocycles. The third-order valence-corrected chi connectivity index (χ3v) is 3.42. The largest absolute Gasteiger partial charge is 0.432 e. The molecule has 1 unspecified atom stereocenters. The van der Waals surface area contributed by atoms with Crippen molar-refractivity contribution in [2.24, 2.45) is 5.92 Å². The molecule has 1 amide bonds. The van der Waals surface area contributed by atoms with Crippen molar-refractivity contribution in [3.8, 4) is 0 Å². The van der Waals surface area contributed by atoms with Gasteiger partial charge in [0.05, 0.1) is 6.20 Å². The summed E-state index contributed by atoms with van der Waals surface area (Å²) in [5, 5.41) is 0.0852. The molecule has 1 aliphatic rings. The first-order valence-electron chi connectivity index (χ1n) is 5.00. The highest BCUT2D eigenvalue weighted by Gasteiger charge is 2.32. The highest BCUT2D eigenvalue weighted by atomic mass is 32.2. The smallest absolute Gasteiger partial charge is 0.303 e. The average molecular weight is 240 g/mol. The molecule has 1 aliphatic heterocycles. The van der Waals surface area contributed by atoms with Crippen molar-refractivity contribution in [1.82, 2.24) is 4.98 Å². The molecule has 16 heavy (non-hydrogen) atoms. The minimum absolute atomic E-state index is 0.0107. The number of carbonyl (C=O) groups excluding carboxylic acids is 2. The van der Waals surface area contributed by atoms with Crippen LogP contribution in [0.5, 0.6) is 0 Å². The fraction of sp³-hybridized carbons (Fsp3) is 0.500. The van der Waals surface area contributed by atoms with Crippen molar-refractivity contribution in [3.63, 3.8) is 0 Å². The topological polar surface area (TPSA) is 63.4 Å². The van der Waals surface area contributed by atoms with E-state index in [2.05, 4.69) is 4.98 Å². The summed E-state index contributed by atoms with van der Waals surface area (Å²) >= 11 is 1.26. The van der Waals surface area contributed by atoms with Crippen LogP contribution in [-0.2, 0) is 9.59 Å². The van der Waals surface area contributed by atoms with Gasteiger partial charge < -0.3 is 4.42 Å². The summed E-state index contributed by atoms with van der Waals surface area (Å²) in [5.74, 6) is 0.892. The van der Waals surface area contributed by atoms with E-state index in [9.17, 15) is 9.59 Å². The zero-order chi connectivity index (χ0) is 11.5. The van der Waals surface area contributed by atoms with Crippen molar-refractivity contribution in [2.45, 2.75) is 13.3 Å². The second-order valence-corrected chi connectivity index (χ2v) is 4.89. The molecule has 6 heteroatoms. The molecule has 5 nitrogen and oxygen atoms in total. The number of anilines is 1. The van der Waals surface area contributed by atoms with E-state index in [1.54, 1.807) is 0 Å². The van der Waals surface area contributed by atoms with Crippen molar-refractivity contribution < 1.29 is 14.0 Å². The summed E-state index contributed by atoms with van der Waals surface area (Å²) in [5.41, 5.74) is 0. The summed E-state index contributed by atoms with van der Waals surface area (Å²) in [6, 6.07) is 0.348. The third kappa shape index (κ3) is 2.44. The average Bonchev–Trinajstić information content (AvgIpc) is 2.83. The Bertz CT molecular complexity index is 391. The summed E-state index contributed by atoms with van der Waals surface area (Å²) < 4.78 is 5.08. The number of aromatic nitrogens is 1. The maximum Gasteiger partial charge on any atom is 0.303 e. The van der Waals surface area contributed by atoms with Gasteiger partial charge in [-0.1, -0.05) is 11.8 Å². The lowest BCUT2D eigenvalue weighted by atomic mass is 10.1. The lowest BCUT2D eigenvalue weighted by molar-refractivity contribution is -0.117. The normalized spacial score (nSPS) is 20.4. The van der Waals surface area contributed by atoms with Crippen LogP contribution in [-0.4, -0.2) is 28.3 Å². The van der Waals surface area contributed by atoms with E-state index >= 15 is 0 Å². The molecule has 0 aromatic carbocycles.